The Morgan fingerprint density at radius 1 is 0.509 bits per heavy atom. The second-order valence-corrected chi connectivity index (χ2v) is 14.9. The summed E-state index contributed by atoms with van der Waals surface area (Å²) in [5.74, 6) is 0. The van der Waals surface area contributed by atoms with Crippen LogP contribution in [0.5, 0.6) is 0 Å². The van der Waals surface area contributed by atoms with Crippen LogP contribution in [0.4, 0.5) is 0 Å². The van der Waals surface area contributed by atoms with Crippen LogP contribution in [0.15, 0.2) is 97.1 Å². The van der Waals surface area contributed by atoms with Gasteiger partial charge < -0.3 is 48.5 Å². The molecule has 5 saturated heterocycles. The van der Waals surface area contributed by atoms with Crippen LogP contribution in [0.3, 0.4) is 0 Å². The Hall–Kier alpha value is -3.10. The molecule has 0 radical (unpaired) electrons. The van der Waals surface area contributed by atoms with E-state index in [-0.39, 0.29) is 40.7 Å². The Kier molecular flexibility index (Phi) is 17.1. The zero-order valence-corrected chi connectivity index (χ0v) is 32.7. The van der Waals surface area contributed by atoms with Crippen molar-refractivity contribution in [3.8, 4) is 0 Å². The average molecular weight is 788 g/mol. The van der Waals surface area contributed by atoms with E-state index < -0.39 is 0 Å². The molecule has 3 N–H and O–H groups in total. The van der Waals surface area contributed by atoms with Gasteiger partial charge in [-0.1, -0.05) is 88.1 Å². The van der Waals surface area contributed by atoms with E-state index in [4.69, 9.17) is 10.6 Å². The van der Waals surface area contributed by atoms with Crippen molar-refractivity contribution in [3.05, 3.63) is 146 Å². The van der Waals surface area contributed by atoms with Crippen molar-refractivity contribution >= 4 is 0 Å². The second-order valence-electron chi connectivity index (χ2n) is 14.9. The number of pyridine rings is 3. The standard InChI is InChI=1S/2C14H20N4.C14H16N4.Ni/c3*1-3-9-15-11(5-1)13-7-8-14(18-17-13)12-6-2-4-10-16-12;/h2*1,3,5,9,12-14,17H,2,4,6-8,10H2;1-6,9,13-14,17H,7-8,10H2;/q3*-2;+2. The fourth-order valence-corrected chi connectivity index (χ4v) is 8.01. The van der Waals surface area contributed by atoms with Crippen LogP contribution >= 0.6 is 0 Å². The molecular formula is C42H56N12Ni-4. The van der Waals surface area contributed by atoms with Gasteiger partial charge in [0.15, 0.2) is 0 Å². The van der Waals surface area contributed by atoms with E-state index in [1.807, 2.05) is 61.1 Å². The Morgan fingerprint density at radius 2 is 1.00 bits per heavy atom. The SMILES string of the molecule is C1=CC[N-]C(C2CCC(c3ccccn3)N[N-]2)=C1.[Ni+2].c1ccc(C2CCC(C3CCCC[N-]3)[N-]N2)nc1.c1ccc(C2CCC(C3CCCC[N-]3)[N-]N2)nc1. The molecule has 8 unspecified atom stereocenters. The maximum atomic E-state index is 4.70. The monoisotopic (exact) mass is 786 g/mol. The van der Waals surface area contributed by atoms with E-state index in [2.05, 4.69) is 83.2 Å². The van der Waals surface area contributed by atoms with E-state index in [0.29, 0.717) is 24.2 Å². The molecule has 0 bridgehead atoms. The molecule has 9 heterocycles. The summed E-state index contributed by atoms with van der Waals surface area (Å²) in [4.78, 5) is 13.2. The van der Waals surface area contributed by atoms with Gasteiger partial charge in [0.1, 0.15) is 0 Å². The van der Waals surface area contributed by atoms with Gasteiger partial charge in [-0.3, -0.25) is 15.0 Å². The molecule has 8 atom stereocenters. The largest absolute Gasteiger partial charge is 2.00 e. The molecule has 9 rings (SSSR count). The molecular weight excluding hydrogens is 731 g/mol. The summed E-state index contributed by atoms with van der Waals surface area (Å²) in [6, 6.07) is 20.8. The van der Waals surface area contributed by atoms with Crippen LogP contribution in [0.25, 0.3) is 32.2 Å². The Bertz CT molecular complexity index is 1450. The van der Waals surface area contributed by atoms with Crippen LogP contribution in [0, 0.1) is 0 Å². The first-order valence-electron chi connectivity index (χ1n) is 20.3. The van der Waals surface area contributed by atoms with Gasteiger partial charge in [-0.25, -0.2) is 0 Å². The Morgan fingerprint density at radius 3 is 1.35 bits per heavy atom. The average Bonchev–Trinajstić information content (AvgIpc) is 3.29. The number of piperidine rings is 2. The molecule has 5 fully saturated rings. The first-order valence-corrected chi connectivity index (χ1v) is 20.3. The molecule has 12 nitrogen and oxygen atoms in total. The Labute approximate surface area is 338 Å². The van der Waals surface area contributed by atoms with Gasteiger partial charge in [-0.05, 0) is 55.7 Å². The molecule has 0 amide bonds. The molecule has 13 heteroatoms. The fraction of sp³-hybridized carbons (Fsp3) is 0.548. The maximum Gasteiger partial charge on any atom is 2.00 e. The summed E-state index contributed by atoms with van der Waals surface area (Å²) in [6.45, 7) is 2.84. The van der Waals surface area contributed by atoms with E-state index >= 15 is 0 Å². The summed E-state index contributed by atoms with van der Waals surface area (Å²) < 4.78 is 0. The van der Waals surface area contributed by atoms with Crippen molar-refractivity contribution in [1.82, 2.24) is 31.2 Å². The number of aromatic nitrogens is 3. The molecule has 3 aromatic rings. The molecule has 0 aromatic carbocycles. The van der Waals surface area contributed by atoms with E-state index in [1.165, 1.54) is 38.5 Å². The second kappa shape index (κ2) is 22.6. The summed E-state index contributed by atoms with van der Waals surface area (Å²) in [7, 11) is 0. The van der Waals surface area contributed by atoms with Crippen LogP contribution in [-0.2, 0) is 16.5 Å². The van der Waals surface area contributed by atoms with Gasteiger partial charge >= 0.3 is 16.5 Å². The predicted octanol–water partition coefficient (Wildman–Crippen LogP) is 9.17. The number of hydrogen-bond acceptors (Lipinski definition) is 6. The smallest absolute Gasteiger partial charge is 0.686 e. The first-order chi connectivity index (χ1) is 26.8. The predicted molar refractivity (Wildman–Crippen MR) is 217 cm³/mol. The number of nitrogens with zero attached hydrogens (tertiary/aromatic N) is 9. The minimum absolute atomic E-state index is 0. The van der Waals surface area contributed by atoms with Gasteiger partial charge in [-0.15, -0.1) is 43.8 Å². The summed E-state index contributed by atoms with van der Waals surface area (Å²) >= 11 is 0. The van der Waals surface area contributed by atoms with Crippen LogP contribution in [0.2, 0.25) is 0 Å². The molecule has 6 aliphatic heterocycles. The zero-order chi connectivity index (χ0) is 36.6. The quantitative estimate of drug-likeness (QED) is 0.211. The van der Waals surface area contributed by atoms with Gasteiger partial charge in [0, 0.05) is 36.7 Å². The van der Waals surface area contributed by atoms with E-state index in [0.717, 1.165) is 80.9 Å². The Balaban J connectivity index is 0.000000139. The third-order valence-electron chi connectivity index (χ3n) is 11.1. The van der Waals surface area contributed by atoms with E-state index in [1.54, 1.807) is 0 Å². The molecule has 0 spiro atoms. The van der Waals surface area contributed by atoms with Crippen molar-refractivity contribution < 1.29 is 16.5 Å². The van der Waals surface area contributed by atoms with Crippen molar-refractivity contribution in [2.75, 3.05) is 19.6 Å². The molecule has 0 saturated carbocycles. The molecule has 3 aromatic heterocycles. The maximum absolute atomic E-state index is 4.70. The van der Waals surface area contributed by atoms with Crippen molar-refractivity contribution in [2.45, 2.75) is 125 Å². The minimum atomic E-state index is 0. The van der Waals surface area contributed by atoms with Gasteiger partial charge in [0.2, 0.25) is 0 Å². The number of hydrogen-bond donors (Lipinski definition) is 3. The third-order valence-corrected chi connectivity index (χ3v) is 11.1. The fourth-order valence-electron chi connectivity index (χ4n) is 8.01. The van der Waals surface area contributed by atoms with Crippen molar-refractivity contribution in [2.24, 2.45) is 0 Å². The topological polar surface area (TPSA) is 159 Å². The number of allylic oxidation sites excluding steroid dienone is 2. The van der Waals surface area contributed by atoms with Crippen molar-refractivity contribution in [1.29, 1.82) is 0 Å². The van der Waals surface area contributed by atoms with Crippen LogP contribution in [0.1, 0.15) is 112 Å². The van der Waals surface area contributed by atoms with Crippen LogP contribution in [-0.4, -0.2) is 64.8 Å². The summed E-state index contributed by atoms with van der Waals surface area (Å²) in [5, 5.41) is 13.9. The van der Waals surface area contributed by atoms with Gasteiger partial charge in [0.05, 0.1) is 17.1 Å². The molecule has 298 valence electrons. The van der Waals surface area contributed by atoms with Gasteiger partial charge in [-0.2, -0.15) is 17.8 Å². The van der Waals surface area contributed by atoms with Crippen LogP contribution < -0.4 is 16.3 Å². The normalized spacial score (nSPS) is 30.7. The molecule has 55 heavy (non-hydrogen) atoms. The number of rotatable bonds is 6. The summed E-state index contributed by atoms with van der Waals surface area (Å²) in [5.41, 5.74) is 27.9. The minimum Gasteiger partial charge on any atom is -0.686 e. The molecule has 0 aliphatic carbocycles. The zero-order valence-electron chi connectivity index (χ0n) is 31.7. The van der Waals surface area contributed by atoms with Crippen molar-refractivity contribution in [3.63, 3.8) is 0 Å². The number of nitrogens with one attached hydrogen (secondary N) is 3. The van der Waals surface area contributed by atoms with E-state index in [9.17, 15) is 0 Å². The van der Waals surface area contributed by atoms with Gasteiger partial charge in [0.25, 0.3) is 0 Å². The third kappa shape index (κ3) is 12.4. The molecule has 6 aliphatic rings. The summed E-state index contributed by atoms with van der Waals surface area (Å²) in [6.07, 6.45) is 25.8. The first kappa shape index (κ1) is 41.5.